The van der Waals surface area contributed by atoms with Crippen molar-refractivity contribution in [3.63, 3.8) is 0 Å². The fraction of sp³-hybridized carbons (Fsp3) is 0.292. The highest BCUT2D eigenvalue weighted by molar-refractivity contribution is 7.22. The van der Waals surface area contributed by atoms with Gasteiger partial charge < -0.3 is 15.2 Å². The minimum Gasteiger partial charge on any atom is -0.361 e. The molecule has 2 aromatic heterocycles. The number of benzene rings is 2. The molecule has 1 fully saturated rings. The van der Waals surface area contributed by atoms with Gasteiger partial charge in [-0.15, -0.1) is 0 Å². The average Bonchev–Trinajstić information content (AvgIpc) is 3.43. The first kappa shape index (κ1) is 19.8. The molecule has 2 N–H and O–H groups in total. The molecule has 158 valence electrons. The molecular weight excluding hydrogens is 408 g/mol. The molecule has 7 heteroatoms. The Labute approximate surface area is 184 Å². The van der Waals surface area contributed by atoms with E-state index in [-0.39, 0.29) is 24.2 Å². The average molecular weight is 433 g/mol. The lowest BCUT2D eigenvalue weighted by Gasteiger charge is -2.16. The smallest absolute Gasteiger partial charge is 0.231 e. The molecule has 5 rings (SSSR count). The minimum atomic E-state index is -0.342. The molecule has 6 nitrogen and oxygen atoms in total. The number of amides is 2. The number of rotatable bonds is 5. The second-order valence-electron chi connectivity index (χ2n) is 8.28. The zero-order chi connectivity index (χ0) is 21.5. The lowest BCUT2D eigenvalue weighted by molar-refractivity contribution is -0.128. The van der Waals surface area contributed by atoms with Crippen LogP contribution in [0.1, 0.15) is 23.1 Å². The summed E-state index contributed by atoms with van der Waals surface area (Å²) in [4.78, 5) is 35.0. The van der Waals surface area contributed by atoms with E-state index in [1.807, 2.05) is 31.3 Å². The lowest BCUT2D eigenvalue weighted by Crippen LogP contribution is -2.29. The van der Waals surface area contributed by atoms with Gasteiger partial charge >= 0.3 is 0 Å². The lowest BCUT2D eigenvalue weighted by atomic mass is 10.1. The third-order valence-corrected chi connectivity index (χ3v) is 6.95. The monoisotopic (exact) mass is 432 g/mol. The Hall–Kier alpha value is -3.19. The van der Waals surface area contributed by atoms with Crippen LogP contribution in [0.2, 0.25) is 0 Å². The van der Waals surface area contributed by atoms with Gasteiger partial charge in [-0.3, -0.25) is 9.59 Å². The molecule has 4 aromatic rings. The van der Waals surface area contributed by atoms with E-state index in [0.29, 0.717) is 18.2 Å². The number of hydrogen-bond donors (Lipinski definition) is 2. The van der Waals surface area contributed by atoms with Crippen LogP contribution in [0, 0.1) is 19.8 Å². The Kier molecular flexibility index (Phi) is 4.98. The van der Waals surface area contributed by atoms with E-state index in [0.717, 1.165) is 27.7 Å². The summed E-state index contributed by atoms with van der Waals surface area (Å²) >= 11 is 1.47. The van der Waals surface area contributed by atoms with E-state index >= 15 is 0 Å². The number of anilines is 1. The maximum atomic E-state index is 12.8. The van der Waals surface area contributed by atoms with E-state index in [4.69, 9.17) is 0 Å². The van der Waals surface area contributed by atoms with Gasteiger partial charge in [-0.2, -0.15) is 0 Å². The third-order valence-electron chi connectivity index (χ3n) is 6.01. The number of H-pyrrole nitrogens is 1. The van der Waals surface area contributed by atoms with Crippen molar-refractivity contribution in [3.8, 4) is 0 Å². The normalized spacial score (nSPS) is 16.5. The zero-order valence-electron chi connectivity index (χ0n) is 17.6. The number of carbonyl (C=O) groups is 2. The van der Waals surface area contributed by atoms with Gasteiger partial charge in [0.05, 0.1) is 16.1 Å². The van der Waals surface area contributed by atoms with Gasteiger partial charge in [0.25, 0.3) is 0 Å². The van der Waals surface area contributed by atoms with Crippen LogP contribution in [0.4, 0.5) is 5.13 Å². The van der Waals surface area contributed by atoms with E-state index in [2.05, 4.69) is 40.4 Å². The first-order valence-corrected chi connectivity index (χ1v) is 11.3. The van der Waals surface area contributed by atoms with Gasteiger partial charge in [-0.05, 0) is 49.6 Å². The van der Waals surface area contributed by atoms with Gasteiger partial charge in [0.15, 0.2) is 5.13 Å². The van der Waals surface area contributed by atoms with Crippen molar-refractivity contribution >= 4 is 49.4 Å². The van der Waals surface area contributed by atoms with Gasteiger partial charge in [-0.1, -0.05) is 35.1 Å². The van der Waals surface area contributed by atoms with Crippen molar-refractivity contribution in [2.75, 3.05) is 18.4 Å². The summed E-state index contributed by atoms with van der Waals surface area (Å²) in [5.41, 5.74) is 5.53. The fourth-order valence-electron chi connectivity index (χ4n) is 4.27. The molecule has 0 bridgehead atoms. The molecule has 0 aliphatic carbocycles. The number of aryl methyl sites for hydroxylation is 2. The maximum Gasteiger partial charge on any atom is 0.231 e. The molecule has 1 aliphatic rings. The molecule has 1 saturated heterocycles. The van der Waals surface area contributed by atoms with Crippen molar-refractivity contribution in [1.82, 2.24) is 14.9 Å². The SMILES string of the molecule is Cc1ccc2[nH]cc(CCN3C[C@@H](C(=O)Nc4nc5c(C)cccc5s4)CC3=O)c2c1. The van der Waals surface area contributed by atoms with Crippen LogP contribution >= 0.6 is 11.3 Å². The topological polar surface area (TPSA) is 78.1 Å². The van der Waals surface area contributed by atoms with Crippen LogP contribution in [-0.4, -0.2) is 39.8 Å². The second kappa shape index (κ2) is 7.81. The van der Waals surface area contributed by atoms with Crippen LogP contribution in [0.15, 0.2) is 42.6 Å². The van der Waals surface area contributed by atoms with Crippen LogP contribution in [0.5, 0.6) is 0 Å². The molecule has 2 aromatic carbocycles. The summed E-state index contributed by atoms with van der Waals surface area (Å²) in [6.07, 6.45) is 3.04. The molecule has 0 saturated carbocycles. The van der Waals surface area contributed by atoms with Gasteiger partial charge in [0.1, 0.15) is 0 Å². The summed E-state index contributed by atoms with van der Waals surface area (Å²) in [7, 11) is 0. The molecular formula is C24H24N4O2S. The van der Waals surface area contributed by atoms with Crippen LogP contribution in [0.25, 0.3) is 21.1 Å². The summed E-state index contributed by atoms with van der Waals surface area (Å²) < 4.78 is 1.05. The first-order valence-electron chi connectivity index (χ1n) is 10.5. The van der Waals surface area contributed by atoms with Crippen LogP contribution in [0.3, 0.4) is 0 Å². The van der Waals surface area contributed by atoms with Gasteiger partial charge in [0, 0.05) is 36.6 Å². The Morgan fingerprint density at radius 2 is 2.16 bits per heavy atom. The molecule has 3 heterocycles. The highest BCUT2D eigenvalue weighted by Gasteiger charge is 2.34. The van der Waals surface area contributed by atoms with E-state index in [9.17, 15) is 9.59 Å². The predicted octanol–water partition coefficient (Wildman–Crippen LogP) is 4.42. The Bertz CT molecular complexity index is 1310. The number of aromatic amines is 1. The summed E-state index contributed by atoms with van der Waals surface area (Å²) in [5.74, 6) is -0.433. The Morgan fingerprint density at radius 1 is 1.29 bits per heavy atom. The standard InChI is InChI=1S/C24H24N4O2S/c1-14-6-7-19-18(10-14)16(12-25-19)8-9-28-13-17(11-21(28)29)23(30)27-24-26-22-15(2)4-3-5-20(22)31-24/h3-7,10,12,17,25H,8-9,11,13H2,1-2H3,(H,26,27,30)/t17-/m0/s1. The van der Waals surface area contributed by atoms with E-state index in [1.165, 1.54) is 27.8 Å². The molecule has 31 heavy (non-hydrogen) atoms. The molecule has 0 radical (unpaired) electrons. The number of hydrogen-bond acceptors (Lipinski definition) is 4. The molecule has 1 atom stereocenters. The van der Waals surface area contributed by atoms with Gasteiger partial charge in [0.2, 0.25) is 11.8 Å². The Balaban J connectivity index is 1.23. The largest absolute Gasteiger partial charge is 0.361 e. The van der Waals surface area contributed by atoms with Crippen molar-refractivity contribution in [2.45, 2.75) is 26.7 Å². The number of para-hydroxylation sites is 1. The predicted molar refractivity (Wildman–Crippen MR) is 124 cm³/mol. The fourth-order valence-corrected chi connectivity index (χ4v) is 5.21. The van der Waals surface area contributed by atoms with Crippen molar-refractivity contribution in [1.29, 1.82) is 0 Å². The molecule has 0 unspecified atom stereocenters. The number of carbonyl (C=O) groups excluding carboxylic acids is 2. The van der Waals surface area contributed by atoms with E-state index < -0.39 is 0 Å². The van der Waals surface area contributed by atoms with Crippen molar-refractivity contribution < 1.29 is 9.59 Å². The van der Waals surface area contributed by atoms with E-state index in [1.54, 1.807) is 4.90 Å². The number of thiazole rings is 1. The molecule has 1 aliphatic heterocycles. The van der Waals surface area contributed by atoms with Crippen LogP contribution < -0.4 is 5.32 Å². The first-order chi connectivity index (χ1) is 15.0. The molecule has 2 amide bonds. The second-order valence-corrected chi connectivity index (χ2v) is 9.31. The van der Waals surface area contributed by atoms with Crippen LogP contribution in [-0.2, 0) is 16.0 Å². The number of aromatic nitrogens is 2. The number of fused-ring (bicyclic) bond motifs is 2. The maximum absolute atomic E-state index is 12.8. The Morgan fingerprint density at radius 3 is 3.00 bits per heavy atom. The summed E-state index contributed by atoms with van der Waals surface area (Å²) in [6, 6.07) is 12.3. The van der Waals surface area contributed by atoms with Gasteiger partial charge in [-0.25, -0.2) is 4.98 Å². The number of nitrogens with zero attached hydrogens (tertiary/aromatic N) is 2. The van der Waals surface area contributed by atoms with Crippen molar-refractivity contribution in [3.05, 3.63) is 59.3 Å². The zero-order valence-corrected chi connectivity index (χ0v) is 18.4. The summed E-state index contributed by atoms with van der Waals surface area (Å²) in [5, 5.41) is 4.72. The highest BCUT2D eigenvalue weighted by atomic mass is 32.1. The third kappa shape index (κ3) is 3.81. The molecule has 0 spiro atoms. The minimum absolute atomic E-state index is 0.0383. The summed E-state index contributed by atoms with van der Waals surface area (Å²) in [6.45, 7) is 5.16. The van der Waals surface area contributed by atoms with Crippen molar-refractivity contribution in [2.24, 2.45) is 5.92 Å². The quantitative estimate of drug-likeness (QED) is 0.490. The number of likely N-dealkylation sites (tertiary alicyclic amines) is 1. The number of nitrogens with one attached hydrogen (secondary N) is 2. The highest BCUT2D eigenvalue weighted by Crippen LogP contribution is 2.29.